The Morgan fingerprint density at radius 1 is 0.970 bits per heavy atom. The lowest BCUT2D eigenvalue weighted by molar-refractivity contribution is -0.132. The van der Waals surface area contributed by atoms with E-state index in [0.29, 0.717) is 17.1 Å². The summed E-state index contributed by atoms with van der Waals surface area (Å²) in [5.41, 5.74) is 1.38. The van der Waals surface area contributed by atoms with Crippen LogP contribution in [0.25, 0.3) is 5.76 Å². The quantitative estimate of drug-likeness (QED) is 0.359. The van der Waals surface area contributed by atoms with Crippen LogP contribution >= 0.6 is 0 Å². The number of benzene rings is 3. The van der Waals surface area contributed by atoms with Gasteiger partial charge in [-0.3, -0.25) is 14.5 Å². The van der Waals surface area contributed by atoms with Crippen molar-refractivity contribution in [2.24, 2.45) is 0 Å². The van der Waals surface area contributed by atoms with Crippen LogP contribution < -0.4 is 14.4 Å². The van der Waals surface area contributed by atoms with Gasteiger partial charge < -0.3 is 14.6 Å². The summed E-state index contributed by atoms with van der Waals surface area (Å²) in [4.78, 5) is 27.3. The van der Waals surface area contributed by atoms with Crippen molar-refractivity contribution in [1.82, 2.24) is 0 Å². The van der Waals surface area contributed by atoms with Crippen LogP contribution in [0.3, 0.4) is 0 Å². The number of rotatable bonds is 3. The van der Waals surface area contributed by atoms with E-state index in [0.717, 1.165) is 22.6 Å². The van der Waals surface area contributed by atoms with Gasteiger partial charge in [-0.2, -0.15) is 0 Å². The van der Waals surface area contributed by atoms with Crippen LogP contribution in [0.15, 0.2) is 66.2 Å². The number of amides is 1. The first kappa shape index (κ1) is 20.7. The molecule has 33 heavy (non-hydrogen) atoms. The van der Waals surface area contributed by atoms with Crippen LogP contribution in [-0.4, -0.2) is 23.6 Å². The summed E-state index contributed by atoms with van der Waals surface area (Å²) in [7, 11) is 0. The van der Waals surface area contributed by atoms with E-state index in [1.165, 1.54) is 12.1 Å². The molecule has 1 amide bonds. The Kier molecular flexibility index (Phi) is 4.85. The third-order valence-electron chi connectivity index (χ3n) is 5.75. The molecule has 6 nitrogen and oxygen atoms in total. The summed E-state index contributed by atoms with van der Waals surface area (Å²) in [5, 5.41) is 11.2. The van der Waals surface area contributed by atoms with Crippen LogP contribution in [-0.2, 0) is 9.59 Å². The number of ether oxygens (including phenoxy) is 2. The Balaban J connectivity index is 1.73. The van der Waals surface area contributed by atoms with Gasteiger partial charge in [0.15, 0.2) is 23.1 Å². The molecule has 0 aliphatic carbocycles. The number of nitrogens with zero attached hydrogens (tertiary/aromatic N) is 1. The minimum absolute atomic E-state index is 0.00557. The molecule has 5 rings (SSSR count). The zero-order valence-corrected chi connectivity index (χ0v) is 17.3. The molecule has 8 heteroatoms. The topological polar surface area (TPSA) is 76.1 Å². The zero-order valence-electron chi connectivity index (χ0n) is 17.3. The van der Waals surface area contributed by atoms with E-state index in [1.807, 2.05) is 0 Å². The van der Waals surface area contributed by atoms with E-state index in [4.69, 9.17) is 9.47 Å². The van der Waals surface area contributed by atoms with Crippen molar-refractivity contribution in [2.75, 3.05) is 11.7 Å². The first-order chi connectivity index (χ1) is 15.9. The van der Waals surface area contributed by atoms with Crippen molar-refractivity contribution in [3.8, 4) is 11.5 Å². The van der Waals surface area contributed by atoms with Gasteiger partial charge in [0.2, 0.25) is 6.79 Å². The van der Waals surface area contributed by atoms with Gasteiger partial charge in [0, 0.05) is 17.3 Å². The summed E-state index contributed by atoms with van der Waals surface area (Å²) >= 11 is 0. The molecular formula is C25H17F2NO5. The number of ketones is 1. The van der Waals surface area contributed by atoms with Gasteiger partial charge in [0.05, 0.1) is 11.6 Å². The smallest absolute Gasteiger partial charge is 0.300 e. The van der Waals surface area contributed by atoms with Crippen LogP contribution in [0.5, 0.6) is 11.5 Å². The van der Waals surface area contributed by atoms with E-state index < -0.39 is 35.1 Å². The molecule has 1 N–H and O–H groups in total. The molecule has 0 radical (unpaired) electrons. The van der Waals surface area contributed by atoms with Gasteiger partial charge in [-0.05, 0) is 48.4 Å². The number of anilines is 1. The van der Waals surface area contributed by atoms with Crippen LogP contribution in [0.2, 0.25) is 0 Å². The van der Waals surface area contributed by atoms with E-state index in [1.54, 1.807) is 43.3 Å². The summed E-state index contributed by atoms with van der Waals surface area (Å²) in [6.45, 7) is 1.82. The maximum Gasteiger partial charge on any atom is 0.300 e. The van der Waals surface area contributed by atoms with Crippen molar-refractivity contribution < 1.29 is 33.0 Å². The summed E-state index contributed by atoms with van der Waals surface area (Å²) in [5.74, 6) is -3.67. The van der Waals surface area contributed by atoms with Gasteiger partial charge in [-0.25, -0.2) is 8.78 Å². The standard InChI is InChI=1S/C25H17F2NO5/c1-13-4-2-3-5-16(13)22-21(23(29)14-6-9-19-20(10-14)33-12-32-19)24(30)25(31)28(22)15-7-8-17(26)18(27)11-15/h2-11,22,29H,12H2,1H3/b23-21+. The van der Waals surface area contributed by atoms with Crippen molar-refractivity contribution in [2.45, 2.75) is 13.0 Å². The normalized spacial score (nSPS) is 18.8. The number of hydrogen-bond donors (Lipinski definition) is 1. The number of aliphatic hydroxyl groups is 1. The van der Waals surface area contributed by atoms with E-state index in [2.05, 4.69) is 0 Å². The highest BCUT2D eigenvalue weighted by atomic mass is 19.2. The van der Waals surface area contributed by atoms with E-state index in [-0.39, 0.29) is 23.6 Å². The van der Waals surface area contributed by atoms with Crippen LogP contribution in [0, 0.1) is 18.6 Å². The Morgan fingerprint density at radius 2 is 1.73 bits per heavy atom. The Morgan fingerprint density at radius 3 is 2.48 bits per heavy atom. The highest BCUT2D eigenvalue weighted by molar-refractivity contribution is 6.51. The maximum absolute atomic E-state index is 14.0. The molecule has 1 fully saturated rings. The number of halogens is 2. The molecule has 2 heterocycles. The second kappa shape index (κ2) is 7.74. The third kappa shape index (κ3) is 3.31. The zero-order chi connectivity index (χ0) is 23.3. The number of fused-ring (bicyclic) bond motifs is 1. The number of carbonyl (C=O) groups is 2. The molecule has 166 valence electrons. The molecule has 0 bridgehead atoms. The predicted octanol–water partition coefficient (Wildman–Crippen LogP) is 4.63. The van der Waals surface area contributed by atoms with E-state index >= 15 is 0 Å². The summed E-state index contributed by atoms with van der Waals surface area (Å²) < 4.78 is 38.2. The molecule has 0 aromatic heterocycles. The van der Waals surface area contributed by atoms with Gasteiger partial charge in [0.25, 0.3) is 11.7 Å². The monoisotopic (exact) mass is 449 g/mol. The fourth-order valence-electron chi connectivity index (χ4n) is 4.12. The largest absolute Gasteiger partial charge is 0.507 e. The first-order valence-electron chi connectivity index (χ1n) is 10.1. The van der Waals surface area contributed by atoms with Crippen LogP contribution in [0.4, 0.5) is 14.5 Å². The van der Waals surface area contributed by atoms with Gasteiger partial charge >= 0.3 is 0 Å². The Hall–Kier alpha value is -4.20. The minimum atomic E-state index is -1.16. The molecule has 3 aromatic rings. The van der Waals surface area contributed by atoms with Gasteiger partial charge in [-0.1, -0.05) is 24.3 Å². The van der Waals surface area contributed by atoms with Crippen LogP contribution in [0.1, 0.15) is 22.7 Å². The first-order valence-corrected chi connectivity index (χ1v) is 10.1. The molecule has 1 atom stereocenters. The molecule has 3 aromatic carbocycles. The SMILES string of the molecule is Cc1ccccc1C1/C(=C(\O)c2ccc3c(c2)OCO3)C(=O)C(=O)N1c1ccc(F)c(F)c1. The molecular weight excluding hydrogens is 432 g/mol. The second-order valence-corrected chi connectivity index (χ2v) is 7.69. The molecule has 1 saturated heterocycles. The second-order valence-electron chi connectivity index (χ2n) is 7.69. The number of hydrogen-bond acceptors (Lipinski definition) is 5. The number of aryl methyl sites for hydroxylation is 1. The summed E-state index contributed by atoms with van der Waals surface area (Å²) in [6, 6.07) is 13.6. The lowest BCUT2D eigenvalue weighted by Gasteiger charge is -2.26. The Bertz CT molecular complexity index is 1350. The van der Waals surface area contributed by atoms with Gasteiger partial charge in [-0.15, -0.1) is 0 Å². The highest BCUT2D eigenvalue weighted by Crippen LogP contribution is 2.44. The minimum Gasteiger partial charge on any atom is -0.507 e. The molecule has 0 saturated carbocycles. The van der Waals surface area contributed by atoms with Crippen molar-refractivity contribution in [3.05, 3.63) is 94.6 Å². The maximum atomic E-state index is 14.0. The lowest BCUT2D eigenvalue weighted by Crippen LogP contribution is -2.30. The third-order valence-corrected chi connectivity index (χ3v) is 5.75. The van der Waals surface area contributed by atoms with Crippen molar-refractivity contribution >= 4 is 23.1 Å². The van der Waals surface area contributed by atoms with E-state index in [9.17, 15) is 23.5 Å². The predicted molar refractivity (Wildman–Crippen MR) is 115 cm³/mol. The fourth-order valence-corrected chi connectivity index (χ4v) is 4.12. The molecule has 0 spiro atoms. The Labute approximate surface area is 187 Å². The molecule has 1 unspecified atom stereocenters. The number of Topliss-reactive ketones (excluding diaryl/α,β-unsaturated/α-hetero) is 1. The molecule has 2 aliphatic rings. The highest BCUT2D eigenvalue weighted by Gasteiger charge is 2.47. The average molecular weight is 449 g/mol. The lowest BCUT2D eigenvalue weighted by atomic mass is 9.92. The number of carbonyl (C=O) groups excluding carboxylic acids is 2. The average Bonchev–Trinajstić information content (AvgIpc) is 3.38. The van der Waals surface area contributed by atoms with Crippen molar-refractivity contribution in [1.29, 1.82) is 0 Å². The van der Waals surface area contributed by atoms with Gasteiger partial charge in [0.1, 0.15) is 5.76 Å². The fraction of sp³-hybridized carbons (Fsp3) is 0.120. The van der Waals surface area contributed by atoms with Crippen molar-refractivity contribution in [3.63, 3.8) is 0 Å². The number of aliphatic hydroxyl groups excluding tert-OH is 1. The summed E-state index contributed by atoms with van der Waals surface area (Å²) in [6.07, 6.45) is 0. The molecule has 2 aliphatic heterocycles.